The molecule has 32 heavy (non-hydrogen) atoms. The highest BCUT2D eigenvalue weighted by Gasteiger charge is 2.44. The molecule has 0 bridgehead atoms. The number of aromatic nitrogens is 4. The van der Waals surface area contributed by atoms with Crippen LogP contribution in [0.2, 0.25) is 0 Å². The highest BCUT2D eigenvalue weighted by atomic mass is 19.4. The van der Waals surface area contributed by atoms with Gasteiger partial charge in [-0.1, -0.05) is 6.07 Å². The smallest absolute Gasteiger partial charge is 0.416 e. The Bertz CT molecular complexity index is 1310. The number of alkyl halides is 3. The van der Waals surface area contributed by atoms with E-state index < -0.39 is 17.2 Å². The summed E-state index contributed by atoms with van der Waals surface area (Å²) < 4.78 is 46.1. The van der Waals surface area contributed by atoms with Crippen LogP contribution in [0.5, 0.6) is 0 Å². The molecule has 164 valence electrons. The van der Waals surface area contributed by atoms with E-state index in [1.807, 2.05) is 6.07 Å². The van der Waals surface area contributed by atoms with Crippen LogP contribution in [-0.4, -0.2) is 32.3 Å². The van der Waals surface area contributed by atoms with Crippen LogP contribution in [0, 0.1) is 0 Å². The molecular formula is C21H17F3N6O2. The summed E-state index contributed by atoms with van der Waals surface area (Å²) in [6, 6.07) is 10.1. The Hall–Kier alpha value is -3.89. The van der Waals surface area contributed by atoms with E-state index in [4.69, 9.17) is 4.42 Å². The topological polar surface area (TPSA) is 97.3 Å². The van der Waals surface area contributed by atoms with Crippen LogP contribution in [0.4, 0.5) is 24.5 Å². The number of nitrogens with one attached hydrogen (secondary N) is 2. The monoisotopic (exact) mass is 442 g/mol. The van der Waals surface area contributed by atoms with Crippen molar-refractivity contribution in [2.45, 2.75) is 24.9 Å². The molecule has 4 aromatic rings. The van der Waals surface area contributed by atoms with Crippen LogP contribution in [0.3, 0.4) is 0 Å². The van der Waals surface area contributed by atoms with Gasteiger partial charge >= 0.3 is 6.18 Å². The van der Waals surface area contributed by atoms with Crippen LogP contribution in [0.25, 0.3) is 17.1 Å². The predicted molar refractivity (Wildman–Crippen MR) is 108 cm³/mol. The van der Waals surface area contributed by atoms with E-state index in [1.165, 1.54) is 12.1 Å². The number of nitrogens with zero attached hydrogens (tertiary/aromatic N) is 4. The third kappa shape index (κ3) is 3.26. The number of amides is 1. The summed E-state index contributed by atoms with van der Waals surface area (Å²) in [5, 5.41) is 18.5. The SMILES string of the molecule is C[C@@]1(c2nnc(-c3nn4ccccc4c3Nc3ccc(C(F)(F)F)cc3)o2)CCNC1=O. The highest BCUT2D eigenvalue weighted by Crippen LogP contribution is 2.37. The normalized spacial score (nSPS) is 18.8. The van der Waals surface area contributed by atoms with Crippen molar-refractivity contribution >= 4 is 22.8 Å². The zero-order valence-corrected chi connectivity index (χ0v) is 16.8. The molecule has 4 heterocycles. The Balaban J connectivity index is 1.55. The summed E-state index contributed by atoms with van der Waals surface area (Å²) in [6.45, 7) is 2.25. The maximum Gasteiger partial charge on any atom is 0.416 e. The first-order valence-electron chi connectivity index (χ1n) is 9.80. The third-order valence-corrected chi connectivity index (χ3v) is 5.53. The second kappa shape index (κ2) is 7.08. The lowest BCUT2D eigenvalue weighted by Crippen LogP contribution is -2.32. The average Bonchev–Trinajstić information content (AvgIpc) is 3.47. The molecule has 1 aromatic carbocycles. The van der Waals surface area contributed by atoms with E-state index in [-0.39, 0.29) is 17.7 Å². The maximum atomic E-state index is 12.9. The number of anilines is 2. The molecule has 0 radical (unpaired) electrons. The van der Waals surface area contributed by atoms with Crippen LogP contribution < -0.4 is 10.6 Å². The van der Waals surface area contributed by atoms with Crippen molar-refractivity contribution < 1.29 is 22.4 Å². The van der Waals surface area contributed by atoms with Gasteiger partial charge in [0.05, 0.1) is 16.8 Å². The largest absolute Gasteiger partial charge is 0.418 e. The zero-order chi connectivity index (χ0) is 22.5. The van der Waals surface area contributed by atoms with E-state index in [0.29, 0.717) is 35.6 Å². The number of pyridine rings is 1. The number of carbonyl (C=O) groups excluding carboxylic acids is 1. The predicted octanol–water partition coefficient (Wildman–Crippen LogP) is 3.92. The minimum absolute atomic E-state index is 0.0963. The quantitative estimate of drug-likeness (QED) is 0.497. The van der Waals surface area contributed by atoms with Crippen LogP contribution in [-0.2, 0) is 16.4 Å². The summed E-state index contributed by atoms with van der Waals surface area (Å²) in [5.41, 5.74) is 0.226. The molecule has 11 heteroatoms. The lowest BCUT2D eigenvalue weighted by atomic mass is 9.89. The van der Waals surface area contributed by atoms with Gasteiger partial charge in [0.25, 0.3) is 5.89 Å². The molecule has 1 fully saturated rings. The summed E-state index contributed by atoms with van der Waals surface area (Å²) in [7, 11) is 0. The van der Waals surface area contributed by atoms with Crippen molar-refractivity contribution in [1.29, 1.82) is 0 Å². The van der Waals surface area contributed by atoms with Gasteiger partial charge in [0.2, 0.25) is 11.8 Å². The molecule has 0 aliphatic carbocycles. The van der Waals surface area contributed by atoms with E-state index >= 15 is 0 Å². The van der Waals surface area contributed by atoms with Gasteiger partial charge in [0, 0.05) is 18.4 Å². The number of fused-ring (bicyclic) bond motifs is 1. The molecule has 1 aliphatic rings. The van der Waals surface area contributed by atoms with Gasteiger partial charge in [0.1, 0.15) is 5.41 Å². The molecule has 0 saturated carbocycles. The molecule has 8 nitrogen and oxygen atoms in total. The molecule has 1 atom stereocenters. The van der Waals surface area contributed by atoms with Gasteiger partial charge < -0.3 is 15.1 Å². The number of halogens is 3. The molecule has 0 spiro atoms. The Morgan fingerprint density at radius 1 is 1.16 bits per heavy atom. The van der Waals surface area contributed by atoms with Gasteiger partial charge in [-0.05, 0) is 49.7 Å². The molecule has 1 aliphatic heterocycles. The minimum Gasteiger partial charge on any atom is -0.418 e. The molecule has 3 aromatic heterocycles. The molecule has 0 unspecified atom stereocenters. The number of rotatable bonds is 4. The summed E-state index contributed by atoms with van der Waals surface area (Å²) in [4.78, 5) is 12.2. The van der Waals surface area contributed by atoms with Crippen LogP contribution >= 0.6 is 0 Å². The lowest BCUT2D eigenvalue weighted by Gasteiger charge is -2.14. The van der Waals surface area contributed by atoms with Crippen LogP contribution in [0.15, 0.2) is 53.1 Å². The van der Waals surface area contributed by atoms with Gasteiger partial charge in [-0.3, -0.25) is 4.79 Å². The summed E-state index contributed by atoms with van der Waals surface area (Å²) in [5.74, 6) is 0.0878. The van der Waals surface area contributed by atoms with Gasteiger partial charge in [-0.15, -0.1) is 10.2 Å². The van der Waals surface area contributed by atoms with Gasteiger partial charge in [-0.25, -0.2) is 4.52 Å². The van der Waals surface area contributed by atoms with Crippen LogP contribution in [0.1, 0.15) is 24.8 Å². The zero-order valence-electron chi connectivity index (χ0n) is 16.8. The van der Waals surface area contributed by atoms with E-state index in [1.54, 1.807) is 29.8 Å². The maximum absolute atomic E-state index is 12.9. The number of hydrogen-bond donors (Lipinski definition) is 2. The Kier molecular flexibility index (Phi) is 4.43. The molecule has 1 amide bonds. The van der Waals surface area contributed by atoms with Crippen molar-refractivity contribution in [3.8, 4) is 11.6 Å². The standard InChI is InChI=1S/C21H17F3N6O2/c1-20(9-10-25-18(20)31)19-28-27-17(32-19)16-15(14-4-2-3-11-30(14)29-16)26-13-7-5-12(6-8-13)21(22,23)24/h2-8,11,26H,9-10H2,1H3,(H,25,31)/t20-/m1/s1. The first-order chi connectivity index (χ1) is 15.3. The Morgan fingerprint density at radius 3 is 2.62 bits per heavy atom. The number of hydrogen-bond acceptors (Lipinski definition) is 6. The van der Waals surface area contributed by atoms with Gasteiger partial charge in [0.15, 0.2) is 5.69 Å². The molecular weight excluding hydrogens is 425 g/mol. The Morgan fingerprint density at radius 2 is 1.94 bits per heavy atom. The second-order valence-corrected chi connectivity index (χ2v) is 7.70. The first-order valence-corrected chi connectivity index (χ1v) is 9.80. The van der Waals surface area contributed by atoms with Crippen molar-refractivity contribution in [2.75, 3.05) is 11.9 Å². The second-order valence-electron chi connectivity index (χ2n) is 7.70. The van der Waals surface area contributed by atoms with Crippen molar-refractivity contribution in [3.63, 3.8) is 0 Å². The summed E-state index contributed by atoms with van der Waals surface area (Å²) >= 11 is 0. The van der Waals surface area contributed by atoms with E-state index in [9.17, 15) is 18.0 Å². The molecule has 2 N–H and O–H groups in total. The fourth-order valence-corrected chi connectivity index (χ4v) is 3.64. The minimum atomic E-state index is -4.42. The average molecular weight is 442 g/mol. The molecule has 1 saturated heterocycles. The first kappa shape index (κ1) is 20.0. The van der Waals surface area contributed by atoms with Crippen molar-refractivity contribution in [2.24, 2.45) is 0 Å². The highest BCUT2D eigenvalue weighted by molar-refractivity contribution is 5.89. The molecule has 5 rings (SSSR count). The third-order valence-electron chi connectivity index (χ3n) is 5.53. The van der Waals surface area contributed by atoms with Gasteiger partial charge in [-0.2, -0.15) is 18.3 Å². The fourth-order valence-electron chi connectivity index (χ4n) is 3.64. The van der Waals surface area contributed by atoms with E-state index in [2.05, 4.69) is 25.9 Å². The van der Waals surface area contributed by atoms with Crippen molar-refractivity contribution in [3.05, 3.63) is 60.1 Å². The summed E-state index contributed by atoms with van der Waals surface area (Å²) in [6.07, 6.45) is -2.17. The van der Waals surface area contributed by atoms with Crippen molar-refractivity contribution in [1.82, 2.24) is 25.1 Å². The number of carbonyl (C=O) groups is 1. The lowest BCUT2D eigenvalue weighted by molar-refractivity contribution is -0.137. The number of benzene rings is 1. The Labute approximate surface area is 179 Å². The van der Waals surface area contributed by atoms with E-state index in [0.717, 1.165) is 12.1 Å². The fraction of sp³-hybridized carbons (Fsp3) is 0.238.